The van der Waals surface area contributed by atoms with Crippen molar-refractivity contribution in [1.82, 2.24) is 4.90 Å². The second-order valence-corrected chi connectivity index (χ2v) is 19.6. The van der Waals surface area contributed by atoms with Crippen molar-refractivity contribution in [2.75, 3.05) is 34.9 Å². The number of carbonyl (C=O) groups excluding carboxylic acids is 3. The zero-order chi connectivity index (χ0) is 47.9. The smallest absolute Gasteiger partial charge is 0.311 e. The van der Waals surface area contributed by atoms with Crippen LogP contribution in [-0.2, 0) is 63.4 Å². The molecule has 64 heavy (non-hydrogen) atoms. The molecule has 3 aliphatic heterocycles. The standard InChI is InChI=1S/C49H81NO14/c1-16-37-49(11,55)42(53)30(4)40(52)28(2)26-47(9,56-14)43(64-46-39(50(12)13)36(25-29(3)59-46)58-24-20-23-35-21-18-17-19-22-35)31(5)41(32(6)45(54)62-37)63-38-27-48(10,57-15)44(33(7)60-38)61-34(8)51/h17-19,21-22,28-33,36-39,41-44,46,53,55H,16,20,23-27H2,1-15H3/t28-,29-,30+,31+,32-,33+,36-,37-,38-,39+,41+,42-,43-,44+,46+,47+,48-,49-/m1/s1. The molecule has 0 saturated carbocycles. The van der Waals surface area contributed by atoms with Gasteiger partial charge in [-0.2, -0.15) is 0 Å². The monoisotopic (exact) mass is 908 g/mol. The van der Waals surface area contributed by atoms with E-state index >= 15 is 0 Å². The quantitative estimate of drug-likeness (QED) is 0.172. The summed E-state index contributed by atoms with van der Waals surface area (Å²) >= 11 is 0. The van der Waals surface area contributed by atoms with Gasteiger partial charge in [0.15, 0.2) is 18.7 Å². The Morgan fingerprint density at radius 2 is 1.52 bits per heavy atom. The minimum Gasteiger partial charge on any atom is -0.459 e. The van der Waals surface area contributed by atoms with Crippen LogP contribution in [0.1, 0.15) is 114 Å². The average molecular weight is 908 g/mol. The van der Waals surface area contributed by atoms with Crippen LogP contribution in [0.4, 0.5) is 0 Å². The van der Waals surface area contributed by atoms with Gasteiger partial charge >= 0.3 is 11.9 Å². The molecular weight excluding hydrogens is 827 g/mol. The van der Waals surface area contributed by atoms with Crippen molar-refractivity contribution in [2.45, 2.75) is 199 Å². The molecular formula is C49H81NO14. The Bertz CT molecular complexity index is 1650. The highest BCUT2D eigenvalue weighted by Crippen LogP contribution is 2.42. The van der Waals surface area contributed by atoms with E-state index in [4.69, 9.17) is 42.6 Å². The lowest BCUT2D eigenvalue weighted by molar-refractivity contribution is -0.318. The van der Waals surface area contributed by atoms with Gasteiger partial charge in [0, 0.05) is 58.3 Å². The van der Waals surface area contributed by atoms with Gasteiger partial charge in [-0.05, 0) is 86.9 Å². The Hall–Kier alpha value is -2.57. The molecule has 0 bridgehead atoms. The minimum atomic E-state index is -1.98. The maximum atomic E-state index is 14.5. The topological polar surface area (TPSA) is 178 Å². The predicted molar refractivity (Wildman–Crippen MR) is 239 cm³/mol. The van der Waals surface area contributed by atoms with E-state index in [0.717, 1.165) is 12.8 Å². The zero-order valence-corrected chi connectivity index (χ0v) is 41.2. The number of rotatable bonds is 14. The number of carbonyl (C=O) groups is 3. The highest BCUT2D eigenvalue weighted by atomic mass is 16.7. The Morgan fingerprint density at radius 1 is 0.891 bits per heavy atom. The summed E-state index contributed by atoms with van der Waals surface area (Å²) in [5.74, 6) is -4.91. The number of aryl methyl sites for hydroxylation is 1. The number of esters is 2. The first-order valence-electron chi connectivity index (χ1n) is 23.3. The molecule has 2 N–H and O–H groups in total. The number of ketones is 1. The van der Waals surface area contributed by atoms with Crippen LogP contribution in [0.2, 0.25) is 0 Å². The van der Waals surface area contributed by atoms with E-state index in [1.807, 2.05) is 64.9 Å². The van der Waals surface area contributed by atoms with Crippen LogP contribution in [0.3, 0.4) is 0 Å². The highest BCUT2D eigenvalue weighted by molar-refractivity contribution is 5.83. The summed E-state index contributed by atoms with van der Waals surface area (Å²) in [6.07, 6.45) is -5.69. The maximum Gasteiger partial charge on any atom is 0.311 e. The second kappa shape index (κ2) is 23.0. The summed E-state index contributed by atoms with van der Waals surface area (Å²) in [5.41, 5.74) is -3.01. The number of aliphatic hydroxyl groups is 2. The number of likely N-dealkylation sites (N-methyl/N-ethyl adjacent to an activating group) is 1. The van der Waals surface area contributed by atoms with Gasteiger partial charge in [0.1, 0.15) is 23.1 Å². The molecule has 15 nitrogen and oxygen atoms in total. The summed E-state index contributed by atoms with van der Waals surface area (Å²) in [4.78, 5) is 43.0. The Morgan fingerprint density at radius 3 is 2.09 bits per heavy atom. The molecule has 0 radical (unpaired) electrons. The van der Waals surface area contributed by atoms with Crippen molar-refractivity contribution in [3.8, 4) is 0 Å². The van der Waals surface area contributed by atoms with Gasteiger partial charge in [0.2, 0.25) is 0 Å². The molecule has 3 saturated heterocycles. The van der Waals surface area contributed by atoms with Crippen LogP contribution in [0.25, 0.3) is 0 Å². The summed E-state index contributed by atoms with van der Waals surface area (Å²) in [6.45, 7) is 19.4. The fraction of sp³-hybridized carbons (Fsp3) is 0.816. The van der Waals surface area contributed by atoms with Gasteiger partial charge in [-0.3, -0.25) is 19.3 Å². The number of hydrogen-bond donors (Lipinski definition) is 2. The molecule has 1 aromatic carbocycles. The van der Waals surface area contributed by atoms with Gasteiger partial charge in [0.05, 0.1) is 54.2 Å². The van der Waals surface area contributed by atoms with Gasteiger partial charge in [0.25, 0.3) is 0 Å². The van der Waals surface area contributed by atoms with E-state index in [2.05, 4.69) is 12.1 Å². The lowest BCUT2D eigenvalue weighted by Gasteiger charge is -2.50. The number of Topliss-reactive ketones (excluding diaryl/α,β-unsaturated/α-hetero) is 1. The van der Waals surface area contributed by atoms with Crippen LogP contribution in [0.15, 0.2) is 30.3 Å². The Labute approximate surface area is 382 Å². The van der Waals surface area contributed by atoms with E-state index < -0.39 is 102 Å². The summed E-state index contributed by atoms with van der Waals surface area (Å²) < 4.78 is 58.2. The number of cyclic esters (lactones) is 1. The third-order valence-corrected chi connectivity index (χ3v) is 14.2. The highest BCUT2D eigenvalue weighted by Gasteiger charge is 2.55. The molecule has 15 heteroatoms. The van der Waals surface area contributed by atoms with Crippen molar-refractivity contribution >= 4 is 17.7 Å². The van der Waals surface area contributed by atoms with E-state index in [1.54, 1.807) is 41.7 Å². The molecule has 3 aliphatic rings. The SMILES string of the molecule is CC[C@H]1OC(=O)[C@H](C)[C@@H](O[C@@H]2C[C@@](C)(OC)[C@@H](OC(C)=O)[C@H](C)O2)[C@H](C)[C@@H](O[C@@H]2O[C@H](C)C[C@@H](OCCCc3ccccc3)[C@@H]2N(C)C)[C@@](C)(OC)C[C@@H](C)C(=O)[C@H](C)[C@@H](O)[C@]1(C)O. The molecule has 0 aromatic heterocycles. The molecule has 0 unspecified atom stereocenters. The zero-order valence-electron chi connectivity index (χ0n) is 41.2. The van der Waals surface area contributed by atoms with Crippen LogP contribution in [0.5, 0.6) is 0 Å². The minimum absolute atomic E-state index is 0.126. The normalized spacial score (nSPS) is 41.9. The van der Waals surface area contributed by atoms with Gasteiger partial charge in [-0.25, -0.2) is 0 Å². The fourth-order valence-electron chi connectivity index (χ4n) is 10.3. The van der Waals surface area contributed by atoms with Crippen LogP contribution in [0, 0.1) is 23.7 Å². The number of methoxy groups -OCH3 is 2. The summed E-state index contributed by atoms with van der Waals surface area (Å²) in [7, 11) is 7.01. The van der Waals surface area contributed by atoms with Crippen LogP contribution in [-0.4, -0.2) is 152 Å². The molecule has 3 fully saturated rings. The molecule has 0 amide bonds. The predicted octanol–water partition coefficient (Wildman–Crippen LogP) is 5.67. The molecule has 366 valence electrons. The average Bonchev–Trinajstić information content (AvgIpc) is 3.24. The third kappa shape index (κ3) is 12.7. The van der Waals surface area contributed by atoms with Crippen LogP contribution < -0.4 is 0 Å². The second-order valence-electron chi connectivity index (χ2n) is 19.6. The third-order valence-electron chi connectivity index (χ3n) is 14.2. The van der Waals surface area contributed by atoms with Gasteiger partial charge in [-0.15, -0.1) is 0 Å². The first-order valence-corrected chi connectivity index (χ1v) is 23.3. The Kier molecular flexibility index (Phi) is 19.4. The van der Waals surface area contributed by atoms with Gasteiger partial charge in [-0.1, -0.05) is 58.0 Å². The van der Waals surface area contributed by atoms with E-state index in [0.29, 0.717) is 13.0 Å². The van der Waals surface area contributed by atoms with Crippen molar-refractivity contribution < 1.29 is 67.2 Å². The fourth-order valence-corrected chi connectivity index (χ4v) is 10.3. The maximum absolute atomic E-state index is 14.5. The molecule has 18 atom stereocenters. The number of hydrogen-bond acceptors (Lipinski definition) is 15. The number of nitrogens with zero attached hydrogens (tertiary/aromatic N) is 1. The lowest BCUT2D eigenvalue weighted by Crippen LogP contribution is -2.62. The van der Waals surface area contributed by atoms with E-state index in [9.17, 15) is 24.6 Å². The Balaban J connectivity index is 1.82. The summed E-state index contributed by atoms with van der Waals surface area (Å²) in [6, 6.07) is 9.93. The van der Waals surface area contributed by atoms with E-state index in [-0.39, 0.29) is 43.3 Å². The van der Waals surface area contributed by atoms with Crippen molar-refractivity contribution in [3.63, 3.8) is 0 Å². The van der Waals surface area contributed by atoms with Crippen molar-refractivity contribution in [2.24, 2.45) is 23.7 Å². The largest absolute Gasteiger partial charge is 0.459 e. The summed E-state index contributed by atoms with van der Waals surface area (Å²) in [5, 5.41) is 23.5. The number of ether oxygens (including phenoxy) is 9. The molecule has 3 heterocycles. The van der Waals surface area contributed by atoms with Crippen LogP contribution >= 0.6 is 0 Å². The van der Waals surface area contributed by atoms with Crippen molar-refractivity contribution in [3.05, 3.63) is 35.9 Å². The first-order chi connectivity index (χ1) is 29.9. The van der Waals surface area contributed by atoms with E-state index in [1.165, 1.54) is 26.5 Å². The van der Waals surface area contributed by atoms with Crippen molar-refractivity contribution in [1.29, 1.82) is 0 Å². The lowest BCUT2D eigenvalue weighted by atomic mass is 9.74. The molecule has 0 spiro atoms. The molecule has 0 aliphatic carbocycles. The molecule has 4 rings (SSSR count). The first kappa shape index (κ1) is 54.0. The number of benzene rings is 1. The van der Waals surface area contributed by atoms with Gasteiger partial charge < -0.3 is 52.8 Å². The number of aliphatic hydroxyl groups excluding tert-OH is 1. The molecule has 1 aromatic rings.